The SMILES string of the molecule is CC(=O)Nc1ccc(Br)c2c1OC(F)(F)C2(F)F. The van der Waals surface area contributed by atoms with Crippen LogP contribution in [-0.4, -0.2) is 12.0 Å². The van der Waals surface area contributed by atoms with Crippen LogP contribution in [0.2, 0.25) is 0 Å². The molecule has 0 unspecified atom stereocenters. The summed E-state index contributed by atoms with van der Waals surface area (Å²) in [5.74, 6) is -5.77. The lowest BCUT2D eigenvalue weighted by molar-refractivity contribution is -0.296. The van der Waals surface area contributed by atoms with E-state index in [1.165, 1.54) is 6.07 Å². The van der Waals surface area contributed by atoms with Crippen LogP contribution in [-0.2, 0) is 10.7 Å². The Labute approximate surface area is 107 Å². The molecule has 18 heavy (non-hydrogen) atoms. The van der Waals surface area contributed by atoms with Crippen molar-refractivity contribution in [3.63, 3.8) is 0 Å². The zero-order valence-electron chi connectivity index (χ0n) is 8.86. The maximum atomic E-state index is 13.5. The lowest BCUT2D eigenvalue weighted by Crippen LogP contribution is -2.37. The number of benzene rings is 1. The highest BCUT2D eigenvalue weighted by molar-refractivity contribution is 9.10. The average molecular weight is 328 g/mol. The number of hydrogen-bond acceptors (Lipinski definition) is 2. The summed E-state index contributed by atoms with van der Waals surface area (Å²) in [7, 11) is 0. The minimum atomic E-state index is -4.65. The number of nitrogens with one attached hydrogen (secondary N) is 1. The van der Waals surface area contributed by atoms with Gasteiger partial charge in [-0.2, -0.15) is 17.6 Å². The summed E-state index contributed by atoms with van der Waals surface area (Å²) in [4.78, 5) is 10.9. The summed E-state index contributed by atoms with van der Waals surface area (Å²) in [5.41, 5.74) is -1.20. The van der Waals surface area contributed by atoms with Crippen LogP contribution in [0.4, 0.5) is 23.2 Å². The van der Waals surface area contributed by atoms with Gasteiger partial charge in [-0.05, 0) is 12.1 Å². The van der Waals surface area contributed by atoms with E-state index in [9.17, 15) is 22.4 Å². The molecule has 0 fully saturated rings. The lowest BCUT2D eigenvalue weighted by atomic mass is 10.1. The largest absolute Gasteiger partial charge is 0.469 e. The van der Waals surface area contributed by atoms with E-state index in [2.05, 4.69) is 26.0 Å². The molecule has 0 aromatic heterocycles. The van der Waals surface area contributed by atoms with Gasteiger partial charge in [0.1, 0.15) is 0 Å². The molecule has 0 atom stereocenters. The Hall–Kier alpha value is -1.31. The number of rotatable bonds is 1. The summed E-state index contributed by atoms with van der Waals surface area (Å²) < 4.78 is 56.9. The first-order valence-corrected chi connectivity index (χ1v) is 5.51. The number of ether oxygens (including phenoxy) is 1. The van der Waals surface area contributed by atoms with Crippen molar-refractivity contribution in [1.29, 1.82) is 0 Å². The van der Waals surface area contributed by atoms with Gasteiger partial charge in [-0.25, -0.2) is 0 Å². The molecule has 8 heteroatoms. The fourth-order valence-electron chi connectivity index (χ4n) is 1.58. The summed E-state index contributed by atoms with van der Waals surface area (Å²) in [5, 5.41) is 2.16. The highest BCUT2D eigenvalue weighted by Crippen LogP contribution is 2.57. The maximum absolute atomic E-state index is 13.5. The average Bonchev–Trinajstić information content (AvgIpc) is 2.39. The van der Waals surface area contributed by atoms with Crippen LogP contribution in [0.1, 0.15) is 12.5 Å². The summed E-state index contributed by atoms with van der Waals surface area (Å²) >= 11 is 2.77. The van der Waals surface area contributed by atoms with Crippen molar-refractivity contribution in [3.05, 3.63) is 22.2 Å². The van der Waals surface area contributed by atoms with E-state index >= 15 is 0 Å². The molecule has 0 spiro atoms. The molecule has 0 bridgehead atoms. The second kappa shape index (κ2) is 3.84. The molecule has 1 N–H and O–H groups in total. The molecule has 98 valence electrons. The fourth-order valence-corrected chi connectivity index (χ4v) is 2.14. The molecule has 0 saturated heterocycles. The number of hydrogen-bond donors (Lipinski definition) is 1. The Morgan fingerprint density at radius 1 is 1.33 bits per heavy atom. The van der Waals surface area contributed by atoms with Gasteiger partial charge in [0.25, 0.3) is 0 Å². The predicted molar refractivity (Wildman–Crippen MR) is 57.9 cm³/mol. The van der Waals surface area contributed by atoms with Crippen molar-refractivity contribution in [3.8, 4) is 5.75 Å². The molecular weight excluding hydrogens is 322 g/mol. The van der Waals surface area contributed by atoms with Crippen LogP contribution in [0.25, 0.3) is 0 Å². The van der Waals surface area contributed by atoms with Crippen LogP contribution >= 0.6 is 15.9 Å². The molecule has 1 aromatic rings. The van der Waals surface area contributed by atoms with Crippen molar-refractivity contribution in [2.24, 2.45) is 0 Å². The smallest absolute Gasteiger partial charge is 0.425 e. The third-order valence-corrected chi connectivity index (χ3v) is 2.99. The second-order valence-corrected chi connectivity index (χ2v) is 4.53. The van der Waals surface area contributed by atoms with Crippen LogP contribution in [0.3, 0.4) is 0 Å². The van der Waals surface area contributed by atoms with Gasteiger partial charge in [-0.15, -0.1) is 0 Å². The predicted octanol–water partition coefficient (Wildman–Crippen LogP) is 3.48. The van der Waals surface area contributed by atoms with Gasteiger partial charge < -0.3 is 10.1 Å². The van der Waals surface area contributed by atoms with Gasteiger partial charge in [0, 0.05) is 11.4 Å². The quantitative estimate of drug-likeness (QED) is 0.802. The summed E-state index contributed by atoms with van der Waals surface area (Å²) in [6.45, 7) is 1.12. The van der Waals surface area contributed by atoms with Crippen molar-refractivity contribution in [1.82, 2.24) is 0 Å². The Kier molecular flexibility index (Phi) is 2.80. The number of alkyl halides is 4. The van der Waals surface area contributed by atoms with Crippen molar-refractivity contribution >= 4 is 27.5 Å². The highest BCUT2D eigenvalue weighted by Gasteiger charge is 2.68. The second-order valence-electron chi connectivity index (χ2n) is 3.67. The van der Waals surface area contributed by atoms with Gasteiger partial charge in [0.2, 0.25) is 5.91 Å². The third kappa shape index (κ3) is 1.75. The van der Waals surface area contributed by atoms with Crippen molar-refractivity contribution in [2.75, 3.05) is 5.32 Å². The topological polar surface area (TPSA) is 38.3 Å². The van der Waals surface area contributed by atoms with Crippen LogP contribution in [0.5, 0.6) is 5.75 Å². The zero-order valence-corrected chi connectivity index (χ0v) is 10.4. The van der Waals surface area contributed by atoms with Crippen molar-refractivity contribution < 1.29 is 27.1 Å². The van der Waals surface area contributed by atoms with E-state index in [0.717, 1.165) is 13.0 Å². The molecule has 1 aliphatic heterocycles. The highest BCUT2D eigenvalue weighted by atomic mass is 79.9. The number of carbonyl (C=O) groups is 1. The molecule has 1 aliphatic rings. The number of carbonyl (C=O) groups excluding carboxylic acids is 1. The summed E-state index contributed by atoms with van der Waals surface area (Å²) in [6, 6.07) is 2.34. The Bertz CT molecular complexity index is 533. The molecule has 1 aromatic carbocycles. The molecule has 1 heterocycles. The monoisotopic (exact) mass is 327 g/mol. The molecule has 3 nitrogen and oxygen atoms in total. The molecule has 0 aliphatic carbocycles. The number of amides is 1. The van der Waals surface area contributed by atoms with Gasteiger partial charge in [0.15, 0.2) is 5.75 Å². The van der Waals surface area contributed by atoms with Crippen LogP contribution < -0.4 is 10.1 Å². The zero-order chi connectivity index (χ0) is 13.7. The van der Waals surface area contributed by atoms with E-state index < -0.39 is 29.3 Å². The van der Waals surface area contributed by atoms with Gasteiger partial charge >= 0.3 is 12.0 Å². The molecule has 0 radical (unpaired) electrons. The first-order chi connectivity index (χ1) is 8.17. The third-order valence-electron chi connectivity index (χ3n) is 2.33. The van der Waals surface area contributed by atoms with E-state index in [1.807, 2.05) is 0 Å². The molecule has 2 rings (SSSR count). The number of fused-ring (bicyclic) bond motifs is 1. The van der Waals surface area contributed by atoms with E-state index in [-0.39, 0.29) is 10.2 Å². The normalized spacial score (nSPS) is 19.0. The van der Waals surface area contributed by atoms with E-state index in [0.29, 0.717) is 0 Å². The van der Waals surface area contributed by atoms with Crippen LogP contribution in [0, 0.1) is 0 Å². The fraction of sp³-hybridized carbons (Fsp3) is 0.300. The van der Waals surface area contributed by atoms with E-state index in [1.54, 1.807) is 0 Å². The maximum Gasteiger partial charge on any atom is 0.469 e. The first kappa shape index (κ1) is 13.1. The summed E-state index contributed by atoms with van der Waals surface area (Å²) in [6.07, 6.45) is -4.65. The first-order valence-electron chi connectivity index (χ1n) is 4.72. The van der Waals surface area contributed by atoms with Gasteiger partial charge in [-0.1, -0.05) is 15.9 Å². The molecule has 0 saturated carbocycles. The van der Waals surface area contributed by atoms with E-state index in [4.69, 9.17) is 0 Å². The Balaban J connectivity index is 2.63. The molecule has 1 amide bonds. The van der Waals surface area contributed by atoms with Gasteiger partial charge in [-0.3, -0.25) is 4.79 Å². The minimum absolute atomic E-state index is 0.214. The lowest BCUT2D eigenvalue weighted by Gasteiger charge is -2.16. The molecular formula is C10H6BrF4NO2. The minimum Gasteiger partial charge on any atom is -0.425 e. The number of halogens is 5. The van der Waals surface area contributed by atoms with Crippen LogP contribution in [0.15, 0.2) is 16.6 Å². The Morgan fingerprint density at radius 2 is 1.94 bits per heavy atom. The van der Waals surface area contributed by atoms with Crippen molar-refractivity contribution in [2.45, 2.75) is 19.0 Å². The van der Waals surface area contributed by atoms with Gasteiger partial charge in [0.05, 0.1) is 11.3 Å². The Morgan fingerprint density at radius 3 is 2.50 bits per heavy atom. The number of anilines is 1. The standard InChI is InChI=1S/C10H6BrF4NO2/c1-4(17)16-6-3-2-5(11)7-8(6)18-10(14,15)9(7,12)13/h2-3H,1H3,(H,16,17).